The van der Waals surface area contributed by atoms with E-state index in [9.17, 15) is 0 Å². The highest BCUT2D eigenvalue weighted by Gasteiger charge is 2.06. The Morgan fingerprint density at radius 1 is 1.18 bits per heavy atom. The quantitative estimate of drug-likeness (QED) is 0.868. The molecule has 0 amide bonds. The minimum Gasteiger partial charge on any atom is -0.354 e. The molecule has 0 saturated heterocycles. The lowest BCUT2D eigenvalue weighted by atomic mass is 10.2. The van der Waals surface area contributed by atoms with Gasteiger partial charge in [-0.1, -0.05) is 45.7 Å². The molecular weight excluding hydrogens is 302 g/mol. The average Bonchev–Trinajstić information content (AvgIpc) is 2.33. The molecule has 1 aromatic carbocycles. The number of anilines is 1. The number of aromatic nitrogens is 2. The predicted molar refractivity (Wildman–Crippen MR) is 73.3 cm³/mol. The Morgan fingerprint density at radius 3 is 2.59 bits per heavy atom. The van der Waals surface area contributed by atoms with Crippen molar-refractivity contribution in [2.24, 2.45) is 0 Å². The molecule has 88 valence electrons. The van der Waals surface area contributed by atoms with E-state index in [4.69, 9.17) is 11.6 Å². The van der Waals surface area contributed by atoms with Crippen molar-refractivity contribution in [1.82, 2.24) is 10.2 Å². The van der Waals surface area contributed by atoms with Crippen molar-refractivity contribution in [1.29, 1.82) is 0 Å². The summed E-state index contributed by atoms with van der Waals surface area (Å²) in [4.78, 5) is 2.02. The third kappa shape index (κ3) is 3.17. The van der Waals surface area contributed by atoms with Gasteiger partial charge in [0.05, 0.1) is 0 Å². The normalized spacial score (nSPS) is 10.3. The van der Waals surface area contributed by atoms with Gasteiger partial charge in [-0.15, -0.1) is 10.2 Å². The zero-order chi connectivity index (χ0) is 12.3. The Morgan fingerprint density at radius 2 is 1.94 bits per heavy atom. The maximum Gasteiger partial charge on any atom is 0.151 e. The van der Waals surface area contributed by atoms with E-state index in [1.165, 1.54) is 5.56 Å². The molecule has 0 N–H and O–H groups in total. The van der Waals surface area contributed by atoms with E-state index >= 15 is 0 Å². The lowest BCUT2D eigenvalue weighted by Crippen LogP contribution is -2.18. The summed E-state index contributed by atoms with van der Waals surface area (Å²) in [5.74, 6) is 0.796. The summed E-state index contributed by atoms with van der Waals surface area (Å²) in [5, 5.41) is 8.26. The average molecular weight is 313 g/mol. The zero-order valence-electron chi connectivity index (χ0n) is 9.27. The minimum atomic E-state index is 0.406. The Balaban J connectivity index is 2.14. The van der Waals surface area contributed by atoms with E-state index in [0.29, 0.717) is 5.15 Å². The molecule has 0 bridgehead atoms. The Kier molecular flexibility index (Phi) is 3.97. The monoisotopic (exact) mass is 311 g/mol. The Hall–Kier alpha value is -1.13. The SMILES string of the molecule is CN(Cc1ccccc1Br)c1ccc(Cl)nn1. The number of hydrogen-bond donors (Lipinski definition) is 0. The highest BCUT2D eigenvalue weighted by atomic mass is 79.9. The van der Waals surface area contributed by atoms with E-state index in [0.717, 1.165) is 16.8 Å². The Bertz CT molecular complexity index is 501. The second kappa shape index (κ2) is 5.47. The van der Waals surface area contributed by atoms with Crippen molar-refractivity contribution < 1.29 is 0 Å². The molecule has 0 radical (unpaired) electrons. The van der Waals surface area contributed by atoms with Gasteiger partial charge in [0.2, 0.25) is 0 Å². The third-order valence-corrected chi connectivity index (χ3v) is 3.35. The highest BCUT2D eigenvalue weighted by Crippen LogP contribution is 2.19. The molecule has 2 rings (SSSR count). The first-order valence-corrected chi connectivity index (χ1v) is 6.27. The number of benzene rings is 1. The summed E-state index contributed by atoms with van der Waals surface area (Å²) in [6, 6.07) is 11.7. The van der Waals surface area contributed by atoms with Crippen molar-refractivity contribution in [3.05, 3.63) is 51.6 Å². The molecule has 1 aromatic heterocycles. The van der Waals surface area contributed by atoms with Gasteiger partial charge in [0.1, 0.15) is 0 Å². The molecule has 2 aromatic rings. The van der Waals surface area contributed by atoms with Gasteiger partial charge in [-0.05, 0) is 23.8 Å². The zero-order valence-corrected chi connectivity index (χ0v) is 11.6. The summed E-state index contributed by atoms with van der Waals surface area (Å²) in [6.45, 7) is 0.762. The molecular formula is C12H11BrClN3. The van der Waals surface area contributed by atoms with Crippen LogP contribution < -0.4 is 4.90 Å². The van der Waals surface area contributed by atoms with Crippen LogP contribution in [0.5, 0.6) is 0 Å². The molecule has 1 heterocycles. The topological polar surface area (TPSA) is 29.0 Å². The maximum absolute atomic E-state index is 5.70. The van der Waals surface area contributed by atoms with Crippen LogP contribution in [-0.4, -0.2) is 17.2 Å². The molecule has 0 fully saturated rings. The largest absolute Gasteiger partial charge is 0.354 e. The van der Waals surface area contributed by atoms with E-state index in [1.54, 1.807) is 6.07 Å². The summed E-state index contributed by atoms with van der Waals surface area (Å²) >= 11 is 9.23. The molecule has 0 aliphatic carbocycles. The first-order chi connectivity index (χ1) is 8.16. The molecule has 0 aliphatic rings. The fourth-order valence-corrected chi connectivity index (χ4v) is 1.99. The van der Waals surface area contributed by atoms with Gasteiger partial charge in [-0.25, -0.2) is 0 Å². The van der Waals surface area contributed by atoms with Crippen LogP contribution in [0.4, 0.5) is 5.82 Å². The first kappa shape index (κ1) is 12.3. The van der Waals surface area contributed by atoms with Crippen molar-refractivity contribution in [3.63, 3.8) is 0 Å². The number of rotatable bonds is 3. The van der Waals surface area contributed by atoms with Crippen LogP contribution >= 0.6 is 27.5 Å². The highest BCUT2D eigenvalue weighted by molar-refractivity contribution is 9.10. The van der Waals surface area contributed by atoms with Gasteiger partial charge in [-0.3, -0.25) is 0 Å². The molecule has 0 aliphatic heterocycles. The second-order valence-electron chi connectivity index (χ2n) is 3.66. The van der Waals surface area contributed by atoms with Crippen molar-refractivity contribution in [3.8, 4) is 0 Å². The lowest BCUT2D eigenvalue weighted by molar-refractivity contribution is 0.864. The van der Waals surface area contributed by atoms with Gasteiger partial charge >= 0.3 is 0 Å². The standard InChI is InChI=1S/C12H11BrClN3/c1-17(12-7-6-11(14)15-16-12)8-9-4-2-3-5-10(9)13/h2-7H,8H2,1H3. The fourth-order valence-electron chi connectivity index (χ4n) is 1.48. The van der Waals surface area contributed by atoms with E-state index in [1.807, 2.05) is 36.2 Å². The van der Waals surface area contributed by atoms with Gasteiger partial charge < -0.3 is 4.90 Å². The van der Waals surface area contributed by atoms with Crippen LogP contribution in [0.1, 0.15) is 5.56 Å². The molecule has 0 atom stereocenters. The minimum absolute atomic E-state index is 0.406. The molecule has 17 heavy (non-hydrogen) atoms. The van der Waals surface area contributed by atoms with Gasteiger partial charge in [0.15, 0.2) is 11.0 Å². The molecule has 0 unspecified atom stereocenters. The predicted octanol–water partition coefficient (Wildman–Crippen LogP) is 3.53. The summed E-state index contributed by atoms with van der Waals surface area (Å²) in [7, 11) is 1.97. The van der Waals surface area contributed by atoms with Crippen LogP contribution in [0.25, 0.3) is 0 Å². The van der Waals surface area contributed by atoms with Crippen molar-refractivity contribution in [2.45, 2.75) is 6.54 Å². The maximum atomic E-state index is 5.70. The smallest absolute Gasteiger partial charge is 0.151 e. The summed E-state index contributed by atoms with van der Waals surface area (Å²) in [5.41, 5.74) is 1.20. The van der Waals surface area contributed by atoms with E-state index in [2.05, 4.69) is 32.2 Å². The first-order valence-electron chi connectivity index (χ1n) is 5.10. The van der Waals surface area contributed by atoms with Gasteiger partial charge in [-0.2, -0.15) is 0 Å². The van der Waals surface area contributed by atoms with E-state index < -0.39 is 0 Å². The fraction of sp³-hybridized carbons (Fsp3) is 0.167. The molecule has 0 saturated carbocycles. The number of nitrogens with zero attached hydrogens (tertiary/aromatic N) is 3. The van der Waals surface area contributed by atoms with Crippen molar-refractivity contribution in [2.75, 3.05) is 11.9 Å². The number of hydrogen-bond acceptors (Lipinski definition) is 3. The Labute approximate surface area is 114 Å². The van der Waals surface area contributed by atoms with Crippen LogP contribution in [-0.2, 0) is 6.54 Å². The van der Waals surface area contributed by atoms with Gasteiger partial charge in [0.25, 0.3) is 0 Å². The van der Waals surface area contributed by atoms with Crippen LogP contribution in [0.15, 0.2) is 40.9 Å². The second-order valence-corrected chi connectivity index (χ2v) is 4.90. The van der Waals surface area contributed by atoms with Gasteiger partial charge in [0, 0.05) is 18.1 Å². The summed E-state index contributed by atoms with van der Waals surface area (Å²) in [6.07, 6.45) is 0. The molecule has 0 spiro atoms. The summed E-state index contributed by atoms with van der Waals surface area (Å²) < 4.78 is 1.09. The lowest BCUT2D eigenvalue weighted by Gasteiger charge is -2.18. The van der Waals surface area contributed by atoms with Crippen LogP contribution in [0.3, 0.4) is 0 Å². The number of halogens is 2. The molecule has 3 nitrogen and oxygen atoms in total. The van der Waals surface area contributed by atoms with Crippen molar-refractivity contribution >= 4 is 33.3 Å². The molecule has 5 heteroatoms. The van der Waals surface area contributed by atoms with Crippen LogP contribution in [0.2, 0.25) is 5.15 Å². The third-order valence-electron chi connectivity index (χ3n) is 2.37. The van der Waals surface area contributed by atoms with E-state index in [-0.39, 0.29) is 0 Å². The van der Waals surface area contributed by atoms with Crippen LogP contribution in [0, 0.1) is 0 Å².